The van der Waals surface area contributed by atoms with E-state index in [-0.39, 0.29) is 23.4 Å². The molecule has 0 saturated heterocycles. The molecule has 0 unspecified atom stereocenters. The summed E-state index contributed by atoms with van der Waals surface area (Å²) in [4.78, 5) is 24.9. The van der Waals surface area contributed by atoms with Gasteiger partial charge in [-0.1, -0.05) is 19.1 Å². The highest BCUT2D eigenvalue weighted by atomic mass is 16.5. The Balaban J connectivity index is 1.83. The maximum Gasteiger partial charge on any atom is 0.205 e. The Morgan fingerprint density at radius 3 is 2.87 bits per heavy atom. The summed E-state index contributed by atoms with van der Waals surface area (Å²) in [5, 5.41) is 0. The van der Waals surface area contributed by atoms with Gasteiger partial charge in [-0.05, 0) is 66.4 Å². The molecular formula is C20H22O3. The van der Waals surface area contributed by atoms with Gasteiger partial charge in [-0.2, -0.15) is 0 Å². The number of carbonyl (C=O) groups excluding carboxylic acids is 2. The van der Waals surface area contributed by atoms with Crippen LogP contribution in [-0.2, 0) is 16.0 Å². The van der Waals surface area contributed by atoms with Crippen LogP contribution in [0.15, 0.2) is 24.3 Å². The van der Waals surface area contributed by atoms with E-state index in [0.29, 0.717) is 6.42 Å². The van der Waals surface area contributed by atoms with Gasteiger partial charge in [0.2, 0.25) is 5.78 Å². The third-order valence-corrected chi connectivity index (χ3v) is 6.37. The molecule has 3 aliphatic rings. The lowest BCUT2D eigenvalue weighted by Gasteiger charge is -2.46. The zero-order valence-electron chi connectivity index (χ0n) is 13.7. The third kappa shape index (κ3) is 1.82. The summed E-state index contributed by atoms with van der Waals surface area (Å²) in [6, 6.07) is 6.23. The average Bonchev–Trinajstić information content (AvgIpc) is 2.85. The van der Waals surface area contributed by atoms with E-state index in [1.165, 1.54) is 16.7 Å². The third-order valence-electron chi connectivity index (χ3n) is 6.37. The summed E-state index contributed by atoms with van der Waals surface area (Å²) in [6.07, 6.45) is 6.26. The summed E-state index contributed by atoms with van der Waals surface area (Å²) >= 11 is 0. The molecule has 3 heteroatoms. The van der Waals surface area contributed by atoms with Crippen LogP contribution in [0, 0.1) is 17.3 Å². The van der Waals surface area contributed by atoms with Crippen molar-refractivity contribution in [3.63, 3.8) is 0 Å². The summed E-state index contributed by atoms with van der Waals surface area (Å²) in [7, 11) is 1.69. The first kappa shape index (κ1) is 14.7. The van der Waals surface area contributed by atoms with Crippen molar-refractivity contribution in [2.75, 3.05) is 7.11 Å². The van der Waals surface area contributed by atoms with E-state index in [2.05, 4.69) is 25.1 Å². The minimum Gasteiger partial charge on any atom is -0.497 e. The molecule has 120 valence electrons. The molecule has 0 heterocycles. The molecule has 4 rings (SSSR count). The molecule has 3 nitrogen and oxygen atoms in total. The SMILES string of the molecule is CC[C@@]12C(=O)C(=O)C[C@@H]1CC=C1c3ccc(OC)cc3CC[C@@H]12. The van der Waals surface area contributed by atoms with E-state index in [9.17, 15) is 9.59 Å². The number of benzene rings is 1. The number of fused-ring (bicyclic) bond motifs is 5. The number of methoxy groups -OCH3 is 1. The molecule has 3 atom stereocenters. The Hall–Kier alpha value is -1.90. The molecule has 0 N–H and O–H groups in total. The Kier molecular flexibility index (Phi) is 3.22. The van der Waals surface area contributed by atoms with Gasteiger partial charge in [-0.15, -0.1) is 0 Å². The average molecular weight is 310 g/mol. The van der Waals surface area contributed by atoms with E-state index < -0.39 is 5.41 Å². The predicted molar refractivity (Wildman–Crippen MR) is 88.2 cm³/mol. The highest BCUT2D eigenvalue weighted by molar-refractivity contribution is 6.41. The second kappa shape index (κ2) is 5.05. The molecule has 1 saturated carbocycles. The van der Waals surface area contributed by atoms with Crippen molar-refractivity contribution in [1.29, 1.82) is 0 Å². The number of hydrogen-bond donors (Lipinski definition) is 0. The monoisotopic (exact) mass is 310 g/mol. The van der Waals surface area contributed by atoms with Crippen LogP contribution >= 0.6 is 0 Å². The summed E-state index contributed by atoms with van der Waals surface area (Å²) in [6.45, 7) is 2.08. The number of allylic oxidation sites excluding steroid dienone is 2. The van der Waals surface area contributed by atoms with Crippen molar-refractivity contribution < 1.29 is 14.3 Å². The van der Waals surface area contributed by atoms with Crippen LogP contribution in [0.2, 0.25) is 0 Å². The number of hydrogen-bond acceptors (Lipinski definition) is 3. The van der Waals surface area contributed by atoms with Crippen molar-refractivity contribution in [2.24, 2.45) is 17.3 Å². The molecule has 1 aromatic rings. The lowest BCUT2D eigenvalue weighted by Crippen LogP contribution is -2.44. The predicted octanol–water partition coefficient (Wildman–Crippen LogP) is 3.60. The maximum absolute atomic E-state index is 12.8. The Bertz CT molecular complexity index is 730. The quantitative estimate of drug-likeness (QED) is 0.784. The van der Waals surface area contributed by atoms with Crippen LogP contribution in [-0.4, -0.2) is 18.7 Å². The van der Waals surface area contributed by atoms with Crippen molar-refractivity contribution in [3.8, 4) is 5.75 Å². The van der Waals surface area contributed by atoms with Gasteiger partial charge < -0.3 is 4.74 Å². The fraction of sp³-hybridized carbons (Fsp3) is 0.500. The fourth-order valence-electron chi connectivity index (χ4n) is 5.26. The molecule has 0 spiro atoms. The summed E-state index contributed by atoms with van der Waals surface area (Å²) in [5.74, 6) is 1.05. The molecule has 0 bridgehead atoms. The Morgan fingerprint density at radius 2 is 2.13 bits per heavy atom. The standard InChI is InChI=1S/C20H22O3/c1-3-20-13(11-18(21)19(20)22)5-7-16-15-8-6-14(23-2)10-12(15)4-9-17(16)20/h6-8,10,13,17H,3-5,9,11H2,1-2H3/t13-,17-,20+/m0/s1. The van der Waals surface area contributed by atoms with Crippen LogP contribution < -0.4 is 4.74 Å². The topological polar surface area (TPSA) is 43.4 Å². The second-order valence-electron chi connectivity index (χ2n) is 7.06. The van der Waals surface area contributed by atoms with E-state index in [0.717, 1.165) is 31.4 Å². The van der Waals surface area contributed by atoms with Gasteiger partial charge in [0.1, 0.15) is 5.75 Å². The molecule has 0 amide bonds. The normalized spacial score (nSPS) is 32.0. The molecule has 1 aromatic carbocycles. The smallest absolute Gasteiger partial charge is 0.205 e. The number of Topliss-reactive ketones (excluding diaryl/α,β-unsaturated/α-hetero) is 2. The zero-order valence-corrected chi connectivity index (χ0v) is 13.7. The Labute approximate surface area is 136 Å². The first-order valence-corrected chi connectivity index (χ1v) is 8.56. The van der Waals surface area contributed by atoms with Gasteiger partial charge in [0.25, 0.3) is 0 Å². The van der Waals surface area contributed by atoms with Gasteiger partial charge >= 0.3 is 0 Å². The minimum absolute atomic E-state index is 0.0995. The van der Waals surface area contributed by atoms with Gasteiger partial charge in [-0.3, -0.25) is 9.59 Å². The van der Waals surface area contributed by atoms with E-state index >= 15 is 0 Å². The Morgan fingerprint density at radius 1 is 1.30 bits per heavy atom. The van der Waals surface area contributed by atoms with Crippen molar-refractivity contribution in [1.82, 2.24) is 0 Å². The lowest BCUT2D eigenvalue weighted by molar-refractivity contribution is -0.140. The van der Waals surface area contributed by atoms with Crippen LogP contribution in [0.1, 0.15) is 43.7 Å². The molecule has 23 heavy (non-hydrogen) atoms. The zero-order chi connectivity index (χ0) is 16.2. The number of ketones is 2. The van der Waals surface area contributed by atoms with E-state index in [1.807, 2.05) is 6.07 Å². The summed E-state index contributed by atoms with van der Waals surface area (Å²) < 4.78 is 5.34. The second-order valence-corrected chi connectivity index (χ2v) is 7.06. The van der Waals surface area contributed by atoms with Crippen LogP contribution in [0.25, 0.3) is 5.57 Å². The van der Waals surface area contributed by atoms with Crippen LogP contribution in [0.3, 0.4) is 0 Å². The molecule has 0 aliphatic heterocycles. The molecule has 0 aromatic heterocycles. The maximum atomic E-state index is 12.8. The molecule has 0 radical (unpaired) electrons. The number of carbonyl (C=O) groups is 2. The summed E-state index contributed by atoms with van der Waals surface area (Å²) in [5.41, 5.74) is 3.39. The minimum atomic E-state index is -0.446. The molecule has 3 aliphatic carbocycles. The molecule has 1 fully saturated rings. The molecular weight excluding hydrogens is 288 g/mol. The number of ether oxygens (including phenoxy) is 1. The number of aryl methyl sites for hydroxylation is 1. The highest BCUT2D eigenvalue weighted by Gasteiger charge is 2.59. The van der Waals surface area contributed by atoms with Gasteiger partial charge in [-0.25, -0.2) is 0 Å². The van der Waals surface area contributed by atoms with Crippen LogP contribution in [0.4, 0.5) is 0 Å². The van der Waals surface area contributed by atoms with Crippen molar-refractivity contribution >= 4 is 17.1 Å². The first-order chi connectivity index (χ1) is 11.1. The van der Waals surface area contributed by atoms with Crippen LogP contribution in [0.5, 0.6) is 5.75 Å². The van der Waals surface area contributed by atoms with Gasteiger partial charge in [0.05, 0.1) is 7.11 Å². The van der Waals surface area contributed by atoms with Crippen molar-refractivity contribution in [2.45, 2.75) is 39.0 Å². The highest BCUT2D eigenvalue weighted by Crippen LogP contribution is 2.59. The largest absolute Gasteiger partial charge is 0.497 e. The first-order valence-electron chi connectivity index (χ1n) is 8.56. The van der Waals surface area contributed by atoms with Gasteiger partial charge in [0.15, 0.2) is 5.78 Å². The lowest BCUT2D eigenvalue weighted by atomic mass is 9.55. The van der Waals surface area contributed by atoms with Gasteiger partial charge in [0, 0.05) is 11.8 Å². The van der Waals surface area contributed by atoms with Crippen molar-refractivity contribution in [3.05, 3.63) is 35.4 Å². The van der Waals surface area contributed by atoms with E-state index in [4.69, 9.17) is 4.74 Å². The fourth-order valence-corrected chi connectivity index (χ4v) is 5.26. The van der Waals surface area contributed by atoms with E-state index in [1.54, 1.807) is 7.11 Å². The number of rotatable bonds is 2.